The molecule has 0 aliphatic carbocycles. The second-order valence-electron chi connectivity index (χ2n) is 8.52. The van der Waals surface area contributed by atoms with Crippen molar-refractivity contribution in [2.75, 3.05) is 26.9 Å². The van der Waals surface area contributed by atoms with Crippen LogP contribution in [0.3, 0.4) is 0 Å². The number of Topliss-reactive ketones (excluding diaryl/α,β-unsaturated/α-hetero) is 1. The van der Waals surface area contributed by atoms with Crippen molar-refractivity contribution < 1.29 is 29.1 Å². The first kappa shape index (κ1) is 24.9. The van der Waals surface area contributed by atoms with Crippen molar-refractivity contribution >= 4 is 23.1 Å². The normalized spacial score (nSPS) is 17.4. The number of aryl methyl sites for hydroxylation is 1. The zero-order chi connectivity index (χ0) is 25.0. The summed E-state index contributed by atoms with van der Waals surface area (Å²) in [5.41, 5.74) is 1.13. The molecule has 1 unspecified atom stereocenters. The zero-order valence-electron chi connectivity index (χ0n) is 19.6. The lowest BCUT2D eigenvalue weighted by molar-refractivity contribution is -0.384. The van der Waals surface area contributed by atoms with Gasteiger partial charge in [-0.1, -0.05) is 26.0 Å². The van der Waals surface area contributed by atoms with Gasteiger partial charge in [-0.05, 0) is 42.2 Å². The van der Waals surface area contributed by atoms with Crippen LogP contribution in [0.5, 0.6) is 5.75 Å². The van der Waals surface area contributed by atoms with Gasteiger partial charge >= 0.3 is 0 Å². The highest BCUT2D eigenvalue weighted by molar-refractivity contribution is 6.46. The highest BCUT2D eigenvalue weighted by atomic mass is 16.6. The molecule has 1 heterocycles. The molecule has 1 atom stereocenters. The number of nitro benzene ring substituents is 1. The van der Waals surface area contributed by atoms with Gasteiger partial charge in [-0.25, -0.2) is 0 Å². The predicted octanol–water partition coefficient (Wildman–Crippen LogP) is 4.01. The van der Waals surface area contributed by atoms with Gasteiger partial charge in [0, 0.05) is 31.4 Å². The van der Waals surface area contributed by atoms with Crippen LogP contribution in [-0.2, 0) is 14.3 Å². The Kier molecular flexibility index (Phi) is 7.68. The monoisotopic (exact) mass is 468 g/mol. The average Bonchev–Trinajstić information content (AvgIpc) is 3.06. The van der Waals surface area contributed by atoms with Crippen LogP contribution in [0.25, 0.3) is 5.76 Å². The van der Waals surface area contributed by atoms with Crippen LogP contribution in [0.15, 0.2) is 48.0 Å². The molecule has 0 bridgehead atoms. The first-order valence-corrected chi connectivity index (χ1v) is 10.9. The third-order valence-electron chi connectivity index (χ3n) is 5.49. The van der Waals surface area contributed by atoms with E-state index in [1.54, 1.807) is 24.3 Å². The predicted molar refractivity (Wildman–Crippen MR) is 125 cm³/mol. The summed E-state index contributed by atoms with van der Waals surface area (Å²) in [5.74, 6) is -1.02. The van der Waals surface area contributed by atoms with Crippen molar-refractivity contribution in [1.29, 1.82) is 0 Å². The van der Waals surface area contributed by atoms with Crippen molar-refractivity contribution in [2.45, 2.75) is 26.8 Å². The molecule has 9 nitrogen and oxygen atoms in total. The molecule has 1 fully saturated rings. The average molecular weight is 469 g/mol. The number of benzene rings is 2. The molecular formula is C25H28N2O7. The molecule has 180 valence electrons. The molecule has 1 N–H and O–H groups in total. The van der Waals surface area contributed by atoms with E-state index in [0.717, 1.165) is 5.56 Å². The molecule has 2 aromatic rings. The molecule has 3 rings (SSSR count). The van der Waals surface area contributed by atoms with E-state index in [-0.39, 0.29) is 30.2 Å². The van der Waals surface area contributed by atoms with Gasteiger partial charge < -0.3 is 19.5 Å². The third kappa shape index (κ3) is 5.09. The zero-order valence-corrected chi connectivity index (χ0v) is 19.6. The minimum atomic E-state index is -0.993. The number of carbonyl (C=O) groups is 2. The molecule has 0 radical (unpaired) electrons. The summed E-state index contributed by atoms with van der Waals surface area (Å²) in [4.78, 5) is 37.9. The first-order valence-electron chi connectivity index (χ1n) is 10.9. The van der Waals surface area contributed by atoms with E-state index in [9.17, 15) is 24.8 Å². The van der Waals surface area contributed by atoms with Crippen LogP contribution in [0.2, 0.25) is 0 Å². The summed E-state index contributed by atoms with van der Waals surface area (Å²) in [5, 5.41) is 22.5. The number of carbonyl (C=O) groups excluding carboxylic acids is 2. The van der Waals surface area contributed by atoms with Crippen molar-refractivity contribution in [3.05, 3.63) is 74.8 Å². The van der Waals surface area contributed by atoms with Crippen LogP contribution < -0.4 is 4.74 Å². The van der Waals surface area contributed by atoms with Gasteiger partial charge in [0.1, 0.15) is 11.5 Å². The van der Waals surface area contributed by atoms with Gasteiger partial charge in [0.15, 0.2) is 0 Å². The number of aliphatic hydroxyl groups is 1. The molecule has 1 aliphatic rings. The van der Waals surface area contributed by atoms with E-state index >= 15 is 0 Å². The van der Waals surface area contributed by atoms with Gasteiger partial charge in [-0.15, -0.1) is 0 Å². The SMILES string of the molecule is COCCN1C(=O)C(=O)C(=C(O)c2ccc(OCC(C)C)c(C)c2)C1c1cccc([N+](=O)[O-])c1. The van der Waals surface area contributed by atoms with Crippen LogP contribution >= 0.6 is 0 Å². The molecular weight excluding hydrogens is 440 g/mol. The van der Waals surface area contributed by atoms with Crippen molar-refractivity contribution in [3.63, 3.8) is 0 Å². The third-order valence-corrected chi connectivity index (χ3v) is 5.49. The number of hydrogen-bond donors (Lipinski definition) is 1. The lowest BCUT2D eigenvalue weighted by Gasteiger charge is -2.25. The molecule has 0 saturated carbocycles. The fourth-order valence-corrected chi connectivity index (χ4v) is 3.83. The lowest BCUT2D eigenvalue weighted by atomic mass is 9.94. The molecule has 2 aromatic carbocycles. The van der Waals surface area contributed by atoms with E-state index in [0.29, 0.717) is 29.4 Å². The van der Waals surface area contributed by atoms with Crippen molar-refractivity contribution in [1.82, 2.24) is 4.90 Å². The lowest BCUT2D eigenvalue weighted by Crippen LogP contribution is -2.32. The number of nitro groups is 1. The van der Waals surface area contributed by atoms with E-state index in [2.05, 4.69) is 0 Å². The van der Waals surface area contributed by atoms with Gasteiger partial charge in [0.25, 0.3) is 17.4 Å². The van der Waals surface area contributed by atoms with E-state index in [1.807, 2.05) is 20.8 Å². The quantitative estimate of drug-likeness (QED) is 0.194. The second-order valence-corrected chi connectivity index (χ2v) is 8.52. The fourth-order valence-electron chi connectivity index (χ4n) is 3.83. The maximum absolute atomic E-state index is 13.0. The van der Waals surface area contributed by atoms with Crippen LogP contribution in [0.1, 0.15) is 36.6 Å². The highest BCUT2D eigenvalue weighted by Gasteiger charge is 2.46. The smallest absolute Gasteiger partial charge is 0.295 e. The Morgan fingerprint density at radius 3 is 2.56 bits per heavy atom. The number of rotatable bonds is 9. The Hall–Kier alpha value is -3.72. The van der Waals surface area contributed by atoms with Gasteiger partial charge in [-0.2, -0.15) is 0 Å². The van der Waals surface area contributed by atoms with E-state index in [1.165, 1.54) is 30.2 Å². The molecule has 1 aliphatic heterocycles. The summed E-state index contributed by atoms with van der Waals surface area (Å²) in [6.07, 6.45) is 0. The number of aliphatic hydroxyl groups excluding tert-OH is 1. The molecule has 9 heteroatoms. The first-order chi connectivity index (χ1) is 16.1. The number of non-ortho nitro benzene ring substituents is 1. The Morgan fingerprint density at radius 2 is 1.94 bits per heavy atom. The van der Waals surface area contributed by atoms with Gasteiger partial charge in [-0.3, -0.25) is 19.7 Å². The Labute approximate surface area is 197 Å². The summed E-state index contributed by atoms with van der Waals surface area (Å²) in [6, 6.07) is 9.70. The fraction of sp³-hybridized carbons (Fsp3) is 0.360. The minimum absolute atomic E-state index is 0.0756. The molecule has 1 amide bonds. The number of ether oxygens (including phenoxy) is 2. The largest absolute Gasteiger partial charge is 0.507 e. The van der Waals surface area contributed by atoms with Crippen LogP contribution in [0.4, 0.5) is 5.69 Å². The van der Waals surface area contributed by atoms with E-state index < -0.39 is 22.7 Å². The highest BCUT2D eigenvalue weighted by Crippen LogP contribution is 2.40. The second kappa shape index (κ2) is 10.5. The van der Waals surface area contributed by atoms with Crippen LogP contribution in [-0.4, -0.2) is 53.5 Å². The molecule has 34 heavy (non-hydrogen) atoms. The van der Waals surface area contributed by atoms with E-state index in [4.69, 9.17) is 9.47 Å². The standard InChI is InChI=1S/C25H28N2O7/c1-15(2)14-34-20-9-8-18(12-16(20)3)23(28)21-22(17-6-5-7-19(13-17)27(31)32)26(10-11-33-4)25(30)24(21)29/h5-9,12-13,15,22,28H,10-11,14H2,1-4H3. The maximum atomic E-state index is 13.0. The summed E-state index contributed by atoms with van der Waals surface area (Å²) < 4.78 is 10.9. The van der Waals surface area contributed by atoms with Crippen LogP contribution in [0, 0.1) is 23.0 Å². The van der Waals surface area contributed by atoms with Crippen molar-refractivity contribution in [2.24, 2.45) is 5.92 Å². The number of amides is 1. The number of methoxy groups -OCH3 is 1. The Bertz CT molecular complexity index is 1140. The summed E-state index contributed by atoms with van der Waals surface area (Å²) in [6.45, 7) is 6.65. The summed E-state index contributed by atoms with van der Waals surface area (Å²) >= 11 is 0. The molecule has 1 saturated heterocycles. The Balaban J connectivity index is 2.11. The molecule has 0 spiro atoms. The maximum Gasteiger partial charge on any atom is 0.295 e. The van der Waals surface area contributed by atoms with Gasteiger partial charge in [0.2, 0.25) is 0 Å². The van der Waals surface area contributed by atoms with Gasteiger partial charge in [0.05, 0.1) is 29.8 Å². The minimum Gasteiger partial charge on any atom is -0.507 e. The number of ketones is 1. The number of nitrogens with zero attached hydrogens (tertiary/aromatic N) is 2. The number of likely N-dealkylation sites (tertiary alicyclic amines) is 1. The van der Waals surface area contributed by atoms with Crippen molar-refractivity contribution in [3.8, 4) is 5.75 Å². The summed E-state index contributed by atoms with van der Waals surface area (Å²) in [7, 11) is 1.46. The molecule has 0 aromatic heterocycles. The Morgan fingerprint density at radius 1 is 1.21 bits per heavy atom. The topological polar surface area (TPSA) is 119 Å². The number of hydrogen-bond acceptors (Lipinski definition) is 7.